The Morgan fingerprint density at radius 1 is 1.00 bits per heavy atom. The molecule has 2 aromatic carbocycles. The number of carbonyl (C=O) groups excluding carboxylic acids is 1. The Bertz CT molecular complexity index is 911. The van der Waals surface area contributed by atoms with Gasteiger partial charge in [-0.2, -0.15) is 0 Å². The van der Waals surface area contributed by atoms with Gasteiger partial charge >= 0.3 is 6.03 Å². The molecular formula is C21H22FN3O. The van der Waals surface area contributed by atoms with E-state index in [2.05, 4.69) is 15.6 Å². The standard InChI is InChI=1S/C21H22FN3O/c22-15-12-10-14(11-13-15)19-20(17-8-4-5-9-18(17)24-19)25-21(26)23-16-6-2-1-3-7-16/h4-5,8-13,16,24H,1-3,6-7H2,(H2,23,25,26). The molecule has 134 valence electrons. The van der Waals surface area contributed by atoms with Crippen molar-refractivity contribution in [3.8, 4) is 11.3 Å². The van der Waals surface area contributed by atoms with Crippen molar-refractivity contribution in [2.45, 2.75) is 38.1 Å². The lowest BCUT2D eigenvalue weighted by atomic mass is 9.96. The number of para-hydroxylation sites is 1. The molecule has 0 bridgehead atoms. The average molecular weight is 351 g/mol. The number of hydrogen-bond acceptors (Lipinski definition) is 1. The van der Waals surface area contributed by atoms with Gasteiger partial charge in [-0.1, -0.05) is 37.5 Å². The molecule has 26 heavy (non-hydrogen) atoms. The maximum absolute atomic E-state index is 13.3. The van der Waals surface area contributed by atoms with Gasteiger partial charge in [0.1, 0.15) is 5.82 Å². The average Bonchev–Trinajstić information content (AvgIpc) is 3.02. The molecule has 4 rings (SSSR count). The lowest BCUT2D eigenvalue weighted by Gasteiger charge is -2.23. The van der Waals surface area contributed by atoms with Crippen molar-refractivity contribution in [1.29, 1.82) is 0 Å². The van der Waals surface area contributed by atoms with E-state index in [4.69, 9.17) is 0 Å². The van der Waals surface area contributed by atoms with Gasteiger partial charge in [-0.15, -0.1) is 0 Å². The van der Waals surface area contributed by atoms with Crippen molar-refractivity contribution >= 4 is 22.6 Å². The molecule has 4 nitrogen and oxygen atoms in total. The quantitative estimate of drug-likeness (QED) is 0.579. The predicted octanol–water partition coefficient (Wildman–Crippen LogP) is 5.43. The number of nitrogens with one attached hydrogen (secondary N) is 3. The monoisotopic (exact) mass is 351 g/mol. The molecule has 5 heteroatoms. The topological polar surface area (TPSA) is 56.9 Å². The molecular weight excluding hydrogens is 329 g/mol. The number of hydrogen-bond donors (Lipinski definition) is 3. The first-order valence-electron chi connectivity index (χ1n) is 9.15. The molecule has 0 saturated heterocycles. The summed E-state index contributed by atoms with van der Waals surface area (Å²) in [4.78, 5) is 15.9. The second-order valence-corrected chi connectivity index (χ2v) is 6.86. The molecule has 3 aromatic rings. The first-order valence-corrected chi connectivity index (χ1v) is 9.15. The lowest BCUT2D eigenvalue weighted by Crippen LogP contribution is -2.39. The van der Waals surface area contributed by atoms with Gasteiger partial charge < -0.3 is 15.6 Å². The zero-order chi connectivity index (χ0) is 17.9. The molecule has 3 N–H and O–H groups in total. The van der Waals surface area contributed by atoms with Crippen LogP contribution in [0.4, 0.5) is 14.9 Å². The van der Waals surface area contributed by atoms with Crippen LogP contribution < -0.4 is 10.6 Å². The third-order valence-corrected chi connectivity index (χ3v) is 5.02. The molecule has 0 aliphatic heterocycles. The lowest BCUT2D eigenvalue weighted by molar-refractivity contribution is 0.244. The molecule has 0 atom stereocenters. The summed E-state index contributed by atoms with van der Waals surface area (Å²) >= 11 is 0. The smallest absolute Gasteiger partial charge is 0.319 e. The number of rotatable bonds is 3. The predicted molar refractivity (Wildman–Crippen MR) is 103 cm³/mol. The van der Waals surface area contributed by atoms with Crippen molar-refractivity contribution in [2.24, 2.45) is 0 Å². The SMILES string of the molecule is O=C(Nc1c(-c2ccc(F)cc2)[nH]c2ccccc12)NC1CCCCC1. The Labute approximate surface area is 151 Å². The van der Waals surface area contributed by atoms with Crippen molar-refractivity contribution in [3.63, 3.8) is 0 Å². The highest BCUT2D eigenvalue weighted by molar-refractivity contribution is 6.07. The van der Waals surface area contributed by atoms with Gasteiger partial charge in [-0.25, -0.2) is 9.18 Å². The molecule has 1 aromatic heterocycles. The van der Waals surface area contributed by atoms with E-state index in [1.807, 2.05) is 24.3 Å². The van der Waals surface area contributed by atoms with Crippen LogP contribution in [-0.2, 0) is 0 Å². The van der Waals surface area contributed by atoms with Gasteiger partial charge in [0.25, 0.3) is 0 Å². The molecule has 0 spiro atoms. The second kappa shape index (κ2) is 7.20. The van der Waals surface area contributed by atoms with Crippen LogP contribution in [0.25, 0.3) is 22.2 Å². The summed E-state index contributed by atoms with van der Waals surface area (Å²) in [6.45, 7) is 0. The van der Waals surface area contributed by atoms with Crippen LogP contribution in [-0.4, -0.2) is 17.1 Å². The van der Waals surface area contributed by atoms with Crippen molar-refractivity contribution in [1.82, 2.24) is 10.3 Å². The third kappa shape index (κ3) is 3.43. The van der Waals surface area contributed by atoms with Crippen LogP contribution >= 0.6 is 0 Å². The Hall–Kier alpha value is -2.82. The zero-order valence-electron chi connectivity index (χ0n) is 14.5. The van der Waals surface area contributed by atoms with Gasteiger partial charge in [0.15, 0.2) is 0 Å². The number of benzene rings is 2. The van der Waals surface area contributed by atoms with E-state index in [0.717, 1.165) is 40.7 Å². The third-order valence-electron chi connectivity index (χ3n) is 5.02. The molecule has 1 aliphatic carbocycles. The Morgan fingerprint density at radius 3 is 2.50 bits per heavy atom. The number of H-pyrrole nitrogens is 1. The van der Waals surface area contributed by atoms with Crippen LogP contribution in [0.2, 0.25) is 0 Å². The molecule has 0 radical (unpaired) electrons. The summed E-state index contributed by atoms with van der Waals surface area (Å²) in [5, 5.41) is 7.04. The van der Waals surface area contributed by atoms with Crippen LogP contribution in [0.1, 0.15) is 32.1 Å². The number of aromatic nitrogens is 1. The van der Waals surface area contributed by atoms with Crippen LogP contribution in [0, 0.1) is 5.82 Å². The van der Waals surface area contributed by atoms with E-state index in [1.165, 1.54) is 31.4 Å². The van der Waals surface area contributed by atoms with E-state index in [1.54, 1.807) is 12.1 Å². The van der Waals surface area contributed by atoms with Crippen LogP contribution in [0.3, 0.4) is 0 Å². The first-order chi connectivity index (χ1) is 12.7. The molecule has 1 aliphatic rings. The number of carbonyl (C=O) groups is 1. The number of halogens is 1. The number of urea groups is 1. The summed E-state index contributed by atoms with van der Waals surface area (Å²) in [6, 6.07) is 14.1. The fourth-order valence-corrected chi connectivity index (χ4v) is 3.69. The number of anilines is 1. The first kappa shape index (κ1) is 16.6. The Balaban J connectivity index is 1.65. The minimum atomic E-state index is -0.283. The second-order valence-electron chi connectivity index (χ2n) is 6.86. The van der Waals surface area contributed by atoms with E-state index in [0.29, 0.717) is 0 Å². The summed E-state index contributed by atoms with van der Waals surface area (Å²) in [6.07, 6.45) is 5.65. The normalized spacial score (nSPS) is 15.1. The Morgan fingerprint density at radius 2 is 1.73 bits per heavy atom. The fraction of sp³-hybridized carbons (Fsp3) is 0.286. The van der Waals surface area contributed by atoms with Gasteiger partial charge in [0.2, 0.25) is 0 Å². The van der Waals surface area contributed by atoms with Gasteiger partial charge in [0, 0.05) is 22.5 Å². The minimum absolute atomic E-state index is 0.190. The highest BCUT2D eigenvalue weighted by Crippen LogP contribution is 2.35. The molecule has 0 unspecified atom stereocenters. The number of fused-ring (bicyclic) bond motifs is 1. The summed E-state index contributed by atoms with van der Waals surface area (Å²) in [5.74, 6) is -0.283. The van der Waals surface area contributed by atoms with E-state index in [9.17, 15) is 9.18 Å². The minimum Gasteiger partial charge on any atom is -0.353 e. The maximum Gasteiger partial charge on any atom is 0.319 e. The molecule has 1 heterocycles. The number of aromatic amines is 1. The Kier molecular flexibility index (Phi) is 4.61. The summed E-state index contributed by atoms with van der Waals surface area (Å²) in [7, 11) is 0. The van der Waals surface area contributed by atoms with E-state index < -0.39 is 0 Å². The molecule has 1 saturated carbocycles. The van der Waals surface area contributed by atoms with Gasteiger partial charge in [-0.05, 0) is 43.2 Å². The fourth-order valence-electron chi connectivity index (χ4n) is 3.69. The summed E-state index contributed by atoms with van der Waals surface area (Å²) < 4.78 is 13.3. The maximum atomic E-state index is 13.3. The number of amides is 2. The molecule has 1 fully saturated rings. The zero-order valence-corrected chi connectivity index (χ0v) is 14.5. The van der Waals surface area contributed by atoms with Crippen LogP contribution in [0.15, 0.2) is 48.5 Å². The van der Waals surface area contributed by atoms with Gasteiger partial charge in [-0.3, -0.25) is 0 Å². The summed E-state index contributed by atoms with van der Waals surface area (Å²) in [5.41, 5.74) is 3.26. The van der Waals surface area contributed by atoms with Gasteiger partial charge in [0.05, 0.1) is 11.4 Å². The van der Waals surface area contributed by atoms with Crippen molar-refractivity contribution in [2.75, 3.05) is 5.32 Å². The molecule has 2 amide bonds. The van der Waals surface area contributed by atoms with E-state index >= 15 is 0 Å². The van der Waals surface area contributed by atoms with Crippen LogP contribution in [0.5, 0.6) is 0 Å². The largest absolute Gasteiger partial charge is 0.353 e. The van der Waals surface area contributed by atoms with E-state index in [-0.39, 0.29) is 17.9 Å². The van der Waals surface area contributed by atoms with Crippen molar-refractivity contribution < 1.29 is 9.18 Å². The highest BCUT2D eigenvalue weighted by Gasteiger charge is 2.19. The van der Waals surface area contributed by atoms with Crippen molar-refractivity contribution in [3.05, 3.63) is 54.3 Å². The highest BCUT2D eigenvalue weighted by atomic mass is 19.1.